The first-order valence-corrected chi connectivity index (χ1v) is 6.86. The molecule has 0 atom stereocenters. The molecule has 0 saturated heterocycles. The van der Waals surface area contributed by atoms with Gasteiger partial charge in [0.05, 0.1) is 22.1 Å². The van der Waals surface area contributed by atoms with E-state index in [1.54, 1.807) is 32.0 Å². The number of carbonyl (C=O) groups is 1. The molecule has 1 aromatic carbocycles. The first-order valence-electron chi connectivity index (χ1n) is 6.48. The molecule has 8 heteroatoms. The Morgan fingerprint density at radius 3 is 2.77 bits per heavy atom. The Labute approximate surface area is 130 Å². The quantitative estimate of drug-likeness (QED) is 0.802. The third-order valence-corrected chi connectivity index (χ3v) is 3.37. The number of hydrogen-bond acceptors (Lipinski definition) is 5. The van der Waals surface area contributed by atoms with Gasteiger partial charge in [-0.1, -0.05) is 34.1 Å². The zero-order valence-corrected chi connectivity index (χ0v) is 12.6. The van der Waals surface area contributed by atoms with Crippen LogP contribution in [0, 0.1) is 13.8 Å². The Morgan fingerprint density at radius 1 is 1.32 bits per heavy atom. The minimum absolute atomic E-state index is 0.189. The van der Waals surface area contributed by atoms with Crippen LogP contribution in [-0.4, -0.2) is 26.1 Å². The number of nitrogens with one attached hydrogen (secondary N) is 1. The van der Waals surface area contributed by atoms with E-state index in [-0.39, 0.29) is 11.6 Å². The molecular weight excluding hydrogens is 306 g/mol. The average molecular weight is 318 g/mol. The topological polar surface area (TPSA) is 85.8 Å². The van der Waals surface area contributed by atoms with E-state index in [0.717, 1.165) is 0 Å². The van der Waals surface area contributed by atoms with E-state index in [1.807, 2.05) is 12.1 Å². The third kappa shape index (κ3) is 2.58. The van der Waals surface area contributed by atoms with Crippen LogP contribution in [0.5, 0.6) is 0 Å². The molecular formula is C14H12ClN5O2. The van der Waals surface area contributed by atoms with Crippen LogP contribution >= 0.6 is 11.6 Å². The number of benzene rings is 1. The Hall–Kier alpha value is -2.67. The number of anilines is 1. The number of nitrogens with zero attached hydrogens (tertiary/aromatic N) is 4. The second-order valence-corrected chi connectivity index (χ2v) is 5.08. The maximum atomic E-state index is 12.2. The summed E-state index contributed by atoms with van der Waals surface area (Å²) in [6.07, 6.45) is 0. The van der Waals surface area contributed by atoms with Crippen molar-refractivity contribution in [2.45, 2.75) is 13.8 Å². The van der Waals surface area contributed by atoms with Crippen molar-refractivity contribution in [1.29, 1.82) is 0 Å². The van der Waals surface area contributed by atoms with Crippen LogP contribution in [-0.2, 0) is 0 Å². The van der Waals surface area contributed by atoms with E-state index in [0.29, 0.717) is 22.1 Å². The number of hydrogen-bond donors (Lipinski definition) is 1. The lowest BCUT2D eigenvalue weighted by Crippen LogP contribution is -2.13. The number of amides is 1. The lowest BCUT2D eigenvalue weighted by atomic mass is 10.3. The van der Waals surface area contributed by atoms with E-state index >= 15 is 0 Å². The molecule has 2 heterocycles. The van der Waals surface area contributed by atoms with E-state index < -0.39 is 5.91 Å². The van der Waals surface area contributed by atoms with Crippen LogP contribution < -0.4 is 5.32 Å². The van der Waals surface area contributed by atoms with E-state index in [4.69, 9.17) is 16.1 Å². The molecule has 0 spiro atoms. The molecule has 0 saturated carbocycles. The van der Waals surface area contributed by atoms with E-state index in [1.165, 1.54) is 4.68 Å². The predicted octanol–water partition coefficient (Wildman–Crippen LogP) is 2.78. The molecule has 0 unspecified atom stereocenters. The van der Waals surface area contributed by atoms with E-state index in [2.05, 4.69) is 20.8 Å². The molecule has 0 bridgehead atoms. The highest BCUT2D eigenvalue weighted by Gasteiger charge is 2.19. The van der Waals surface area contributed by atoms with Gasteiger partial charge in [-0.15, -0.1) is 5.10 Å². The van der Waals surface area contributed by atoms with Gasteiger partial charge in [-0.25, -0.2) is 4.68 Å². The highest BCUT2D eigenvalue weighted by atomic mass is 35.5. The number of aromatic nitrogens is 4. The molecule has 0 aliphatic rings. The van der Waals surface area contributed by atoms with Crippen molar-refractivity contribution in [2.24, 2.45) is 0 Å². The molecule has 0 radical (unpaired) electrons. The molecule has 0 aliphatic carbocycles. The summed E-state index contributed by atoms with van der Waals surface area (Å²) in [4.78, 5) is 12.2. The smallest absolute Gasteiger partial charge is 0.280 e. The third-order valence-electron chi connectivity index (χ3n) is 3.05. The minimum atomic E-state index is -0.424. The molecule has 3 rings (SSSR count). The second-order valence-electron chi connectivity index (χ2n) is 4.67. The first-order chi connectivity index (χ1) is 10.6. The summed E-state index contributed by atoms with van der Waals surface area (Å²) >= 11 is 6.14. The summed E-state index contributed by atoms with van der Waals surface area (Å²) in [7, 11) is 0. The van der Waals surface area contributed by atoms with Crippen LogP contribution in [0.1, 0.15) is 21.9 Å². The number of aryl methyl sites for hydroxylation is 1. The SMILES string of the molecule is Cc1cc(NC(=O)c2nnn(-c3ccccc3Cl)c2C)on1. The van der Waals surface area contributed by atoms with Gasteiger partial charge in [0.25, 0.3) is 5.91 Å². The highest BCUT2D eigenvalue weighted by Crippen LogP contribution is 2.21. The first kappa shape index (κ1) is 14.3. The fraction of sp³-hybridized carbons (Fsp3) is 0.143. The van der Waals surface area contributed by atoms with Crippen molar-refractivity contribution in [3.05, 3.63) is 52.4 Å². The van der Waals surface area contributed by atoms with Crippen LogP contribution in [0.25, 0.3) is 5.69 Å². The van der Waals surface area contributed by atoms with Gasteiger partial charge in [0.1, 0.15) is 0 Å². The number of carbonyl (C=O) groups excluding carboxylic acids is 1. The van der Waals surface area contributed by atoms with Crippen LogP contribution in [0.3, 0.4) is 0 Å². The summed E-state index contributed by atoms with van der Waals surface area (Å²) < 4.78 is 6.47. The summed E-state index contributed by atoms with van der Waals surface area (Å²) in [5.41, 5.74) is 2.09. The Kier molecular flexibility index (Phi) is 3.64. The lowest BCUT2D eigenvalue weighted by Gasteiger charge is -2.05. The predicted molar refractivity (Wildman–Crippen MR) is 80.3 cm³/mol. The number of rotatable bonds is 3. The van der Waals surface area contributed by atoms with Crippen molar-refractivity contribution in [1.82, 2.24) is 20.2 Å². The summed E-state index contributed by atoms with van der Waals surface area (Å²) in [5.74, 6) is -0.166. The summed E-state index contributed by atoms with van der Waals surface area (Å²) in [6.45, 7) is 3.50. The molecule has 1 N–H and O–H groups in total. The maximum Gasteiger partial charge on any atom is 0.280 e. The van der Waals surface area contributed by atoms with Crippen LogP contribution in [0.15, 0.2) is 34.9 Å². The number of halogens is 1. The Morgan fingerprint density at radius 2 is 2.09 bits per heavy atom. The van der Waals surface area contributed by atoms with Crippen molar-refractivity contribution in [3.63, 3.8) is 0 Å². The standard InChI is InChI=1S/C14H12ClN5O2/c1-8-7-12(22-18-8)16-14(21)13-9(2)20(19-17-13)11-6-4-3-5-10(11)15/h3-7H,1-2H3,(H,16,21). The van der Waals surface area contributed by atoms with Gasteiger partial charge in [-0.2, -0.15) is 0 Å². The fourth-order valence-corrected chi connectivity index (χ4v) is 2.20. The zero-order valence-electron chi connectivity index (χ0n) is 11.9. The molecule has 0 fully saturated rings. The molecule has 2 aromatic heterocycles. The normalized spacial score (nSPS) is 10.7. The van der Waals surface area contributed by atoms with Crippen molar-refractivity contribution in [3.8, 4) is 5.69 Å². The fourth-order valence-electron chi connectivity index (χ4n) is 1.98. The lowest BCUT2D eigenvalue weighted by molar-refractivity contribution is 0.101. The second kappa shape index (κ2) is 5.61. The van der Waals surface area contributed by atoms with Crippen LogP contribution in [0.2, 0.25) is 5.02 Å². The van der Waals surface area contributed by atoms with Crippen molar-refractivity contribution >= 4 is 23.4 Å². The van der Waals surface area contributed by atoms with Gasteiger partial charge in [0.15, 0.2) is 5.69 Å². The Balaban J connectivity index is 1.90. The van der Waals surface area contributed by atoms with Gasteiger partial charge < -0.3 is 4.52 Å². The van der Waals surface area contributed by atoms with Crippen molar-refractivity contribution in [2.75, 3.05) is 5.32 Å². The largest absolute Gasteiger partial charge is 0.338 e. The molecule has 3 aromatic rings. The maximum absolute atomic E-state index is 12.2. The molecule has 0 aliphatic heterocycles. The molecule has 22 heavy (non-hydrogen) atoms. The van der Waals surface area contributed by atoms with Gasteiger partial charge in [0, 0.05) is 6.07 Å². The van der Waals surface area contributed by atoms with Crippen LogP contribution in [0.4, 0.5) is 5.88 Å². The molecule has 7 nitrogen and oxygen atoms in total. The molecule has 1 amide bonds. The van der Waals surface area contributed by atoms with Gasteiger partial charge in [-0.05, 0) is 26.0 Å². The van der Waals surface area contributed by atoms with Gasteiger partial charge >= 0.3 is 0 Å². The zero-order chi connectivity index (χ0) is 15.7. The summed E-state index contributed by atoms with van der Waals surface area (Å²) in [5, 5.41) is 14.7. The van der Waals surface area contributed by atoms with Crippen molar-refractivity contribution < 1.29 is 9.32 Å². The number of para-hydroxylation sites is 1. The van der Waals surface area contributed by atoms with Gasteiger partial charge in [0.2, 0.25) is 5.88 Å². The highest BCUT2D eigenvalue weighted by molar-refractivity contribution is 6.32. The van der Waals surface area contributed by atoms with E-state index in [9.17, 15) is 4.79 Å². The molecule has 112 valence electrons. The van der Waals surface area contributed by atoms with Gasteiger partial charge in [-0.3, -0.25) is 10.1 Å². The monoisotopic (exact) mass is 317 g/mol. The Bertz CT molecular complexity index is 839. The minimum Gasteiger partial charge on any atom is -0.338 e. The summed E-state index contributed by atoms with van der Waals surface area (Å²) in [6, 6.07) is 8.81. The average Bonchev–Trinajstić information content (AvgIpc) is 3.06.